The van der Waals surface area contributed by atoms with Gasteiger partial charge in [-0.05, 0) is 6.92 Å². The van der Waals surface area contributed by atoms with Crippen LogP contribution >= 0.6 is 0 Å². The summed E-state index contributed by atoms with van der Waals surface area (Å²) < 4.78 is 10.4. The number of aliphatic hydroxyl groups excluding tert-OH is 1. The lowest BCUT2D eigenvalue weighted by Crippen LogP contribution is -2.27. The molecule has 3 heteroatoms. The van der Waals surface area contributed by atoms with E-state index in [-0.39, 0.29) is 18.3 Å². The third kappa shape index (κ3) is 1.68. The minimum atomic E-state index is -0.358. The first-order valence-electron chi connectivity index (χ1n) is 3.63. The molecule has 0 aromatic carbocycles. The SMILES string of the molecule is C[C@@H](O)[C@@H](C)C1OCCO1. The molecule has 0 aliphatic carbocycles. The van der Waals surface area contributed by atoms with Gasteiger partial charge in [-0.15, -0.1) is 0 Å². The monoisotopic (exact) mass is 146 g/mol. The molecule has 1 rings (SSSR count). The Morgan fingerprint density at radius 3 is 2.20 bits per heavy atom. The first kappa shape index (κ1) is 7.98. The van der Waals surface area contributed by atoms with Gasteiger partial charge in [-0.2, -0.15) is 0 Å². The number of hydrogen-bond acceptors (Lipinski definition) is 3. The third-order valence-electron chi connectivity index (χ3n) is 1.84. The first-order chi connectivity index (χ1) is 4.72. The van der Waals surface area contributed by atoms with Gasteiger partial charge < -0.3 is 14.6 Å². The molecule has 1 N–H and O–H groups in total. The van der Waals surface area contributed by atoms with E-state index in [9.17, 15) is 0 Å². The summed E-state index contributed by atoms with van der Waals surface area (Å²) in [4.78, 5) is 0. The number of ether oxygens (including phenoxy) is 2. The average molecular weight is 146 g/mol. The molecular weight excluding hydrogens is 132 g/mol. The van der Waals surface area contributed by atoms with E-state index in [1.54, 1.807) is 6.92 Å². The summed E-state index contributed by atoms with van der Waals surface area (Å²) in [7, 11) is 0. The van der Waals surface area contributed by atoms with Crippen molar-refractivity contribution in [2.24, 2.45) is 5.92 Å². The minimum absolute atomic E-state index is 0.0718. The van der Waals surface area contributed by atoms with Crippen LogP contribution in [-0.2, 0) is 9.47 Å². The molecule has 2 atom stereocenters. The molecule has 10 heavy (non-hydrogen) atoms. The summed E-state index contributed by atoms with van der Waals surface area (Å²) >= 11 is 0. The zero-order valence-electron chi connectivity index (χ0n) is 6.41. The quantitative estimate of drug-likeness (QED) is 0.612. The summed E-state index contributed by atoms with van der Waals surface area (Å²) in [6.45, 7) is 4.97. The molecule has 1 saturated heterocycles. The molecule has 0 aromatic rings. The van der Waals surface area contributed by atoms with Crippen molar-refractivity contribution in [1.29, 1.82) is 0 Å². The molecule has 0 spiro atoms. The second-order valence-electron chi connectivity index (χ2n) is 2.71. The Morgan fingerprint density at radius 1 is 1.30 bits per heavy atom. The number of aliphatic hydroxyl groups is 1. The molecule has 1 heterocycles. The Morgan fingerprint density at radius 2 is 1.80 bits per heavy atom. The Bertz CT molecular complexity index is 97.0. The van der Waals surface area contributed by atoms with Gasteiger partial charge in [-0.3, -0.25) is 0 Å². The van der Waals surface area contributed by atoms with E-state index in [0.29, 0.717) is 13.2 Å². The molecule has 1 aliphatic rings. The van der Waals surface area contributed by atoms with Crippen LogP contribution in [0.2, 0.25) is 0 Å². The largest absolute Gasteiger partial charge is 0.393 e. The summed E-state index contributed by atoms with van der Waals surface area (Å²) in [6, 6.07) is 0. The molecule has 0 amide bonds. The van der Waals surface area contributed by atoms with Crippen molar-refractivity contribution < 1.29 is 14.6 Å². The zero-order chi connectivity index (χ0) is 7.56. The van der Waals surface area contributed by atoms with E-state index in [2.05, 4.69) is 0 Å². The molecule has 0 radical (unpaired) electrons. The van der Waals surface area contributed by atoms with E-state index in [0.717, 1.165) is 0 Å². The predicted molar refractivity (Wildman–Crippen MR) is 36.5 cm³/mol. The van der Waals surface area contributed by atoms with Crippen LogP contribution in [0, 0.1) is 5.92 Å². The standard InChI is InChI=1S/C7H14O3/c1-5(6(2)8)7-9-3-4-10-7/h5-8H,3-4H2,1-2H3/t5-,6-/m1/s1. The van der Waals surface area contributed by atoms with Crippen LogP contribution in [0.5, 0.6) is 0 Å². The Kier molecular flexibility index (Phi) is 2.65. The van der Waals surface area contributed by atoms with E-state index in [4.69, 9.17) is 14.6 Å². The van der Waals surface area contributed by atoms with Gasteiger partial charge in [0.25, 0.3) is 0 Å². The van der Waals surface area contributed by atoms with Crippen molar-refractivity contribution >= 4 is 0 Å². The van der Waals surface area contributed by atoms with Crippen molar-refractivity contribution in [3.8, 4) is 0 Å². The highest BCUT2D eigenvalue weighted by molar-refractivity contribution is 4.65. The molecule has 0 aromatic heterocycles. The lowest BCUT2D eigenvalue weighted by Gasteiger charge is -2.19. The van der Waals surface area contributed by atoms with Gasteiger partial charge >= 0.3 is 0 Å². The maximum absolute atomic E-state index is 9.12. The summed E-state index contributed by atoms with van der Waals surface area (Å²) in [5.74, 6) is 0.0718. The maximum atomic E-state index is 9.12. The lowest BCUT2D eigenvalue weighted by molar-refractivity contribution is -0.107. The fourth-order valence-electron chi connectivity index (χ4n) is 0.908. The molecule has 1 aliphatic heterocycles. The lowest BCUT2D eigenvalue weighted by atomic mass is 10.1. The smallest absolute Gasteiger partial charge is 0.162 e. The first-order valence-corrected chi connectivity index (χ1v) is 3.63. The normalized spacial score (nSPS) is 26.7. The van der Waals surface area contributed by atoms with Crippen LogP contribution in [0.4, 0.5) is 0 Å². The molecule has 1 fully saturated rings. The van der Waals surface area contributed by atoms with Crippen LogP contribution in [0.25, 0.3) is 0 Å². The van der Waals surface area contributed by atoms with Crippen LogP contribution in [0.15, 0.2) is 0 Å². The van der Waals surface area contributed by atoms with Crippen molar-refractivity contribution in [3.63, 3.8) is 0 Å². The van der Waals surface area contributed by atoms with E-state index >= 15 is 0 Å². The highest BCUT2D eigenvalue weighted by Gasteiger charge is 2.26. The van der Waals surface area contributed by atoms with E-state index in [1.807, 2.05) is 6.92 Å². The Hall–Kier alpha value is -0.120. The zero-order valence-corrected chi connectivity index (χ0v) is 6.41. The van der Waals surface area contributed by atoms with Gasteiger partial charge in [0.15, 0.2) is 6.29 Å². The predicted octanol–water partition coefficient (Wildman–Crippen LogP) is 0.376. The Balaban J connectivity index is 2.32. The van der Waals surface area contributed by atoms with Crippen molar-refractivity contribution in [3.05, 3.63) is 0 Å². The Labute approximate surface area is 60.9 Å². The third-order valence-corrected chi connectivity index (χ3v) is 1.84. The molecule has 0 saturated carbocycles. The topological polar surface area (TPSA) is 38.7 Å². The maximum Gasteiger partial charge on any atom is 0.162 e. The molecule has 3 nitrogen and oxygen atoms in total. The summed E-state index contributed by atoms with van der Waals surface area (Å²) in [6.07, 6.45) is -0.553. The van der Waals surface area contributed by atoms with Gasteiger partial charge in [-0.1, -0.05) is 6.92 Å². The average Bonchev–Trinajstić information content (AvgIpc) is 2.36. The van der Waals surface area contributed by atoms with Crippen LogP contribution in [0.1, 0.15) is 13.8 Å². The van der Waals surface area contributed by atoms with Crippen LogP contribution < -0.4 is 0 Å². The second-order valence-corrected chi connectivity index (χ2v) is 2.71. The van der Waals surface area contributed by atoms with Crippen molar-refractivity contribution in [1.82, 2.24) is 0 Å². The second kappa shape index (κ2) is 3.32. The molecule has 0 bridgehead atoms. The van der Waals surface area contributed by atoms with Crippen molar-refractivity contribution in [2.45, 2.75) is 26.2 Å². The van der Waals surface area contributed by atoms with Gasteiger partial charge in [0.2, 0.25) is 0 Å². The fourth-order valence-corrected chi connectivity index (χ4v) is 0.908. The van der Waals surface area contributed by atoms with Gasteiger partial charge in [0.1, 0.15) is 0 Å². The van der Waals surface area contributed by atoms with E-state index in [1.165, 1.54) is 0 Å². The summed E-state index contributed by atoms with van der Waals surface area (Å²) in [5.41, 5.74) is 0. The highest BCUT2D eigenvalue weighted by atomic mass is 16.7. The highest BCUT2D eigenvalue weighted by Crippen LogP contribution is 2.16. The minimum Gasteiger partial charge on any atom is -0.393 e. The van der Waals surface area contributed by atoms with E-state index < -0.39 is 0 Å². The molecule has 60 valence electrons. The van der Waals surface area contributed by atoms with Gasteiger partial charge in [0, 0.05) is 5.92 Å². The molecular formula is C7H14O3. The van der Waals surface area contributed by atoms with Crippen LogP contribution in [-0.4, -0.2) is 30.7 Å². The van der Waals surface area contributed by atoms with Gasteiger partial charge in [-0.25, -0.2) is 0 Å². The number of hydrogen-bond donors (Lipinski definition) is 1. The van der Waals surface area contributed by atoms with Gasteiger partial charge in [0.05, 0.1) is 19.3 Å². The molecule has 0 unspecified atom stereocenters. The van der Waals surface area contributed by atoms with Crippen molar-refractivity contribution in [2.75, 3.05) is 13.2 Å². The van der Waals surface area contributed by atoms with Crippen LogP contribution in [0.3, 0.4) is 0 Å². The fraction of sp³-hybridized carbons (Fsp3) is 1.00. The summed E-state index contributed by atoms with van der Waals surface area (Å²) in [5, 5.41) is 9.12. The number of rotatable bonds is 2.